The van der Waals surface area contributed by atoms with Crippen molar-refractivity contribution in [3.63, 3.8) is 0 Å². The highest BCUT2D eigenvalue weighted by Crippen LogP contribution is 2.31. The molecule has 0 aliphatic carbocycles. The Hall–Kier alpha value is -3.72. The Morgan fingerprint density at radius 2 is 1.66 bits per heavy atom. The Bertz CT molecular complexity index is 1050. The number of aromatic nitrogens is 2. The normalized spacial score (nSPS) is 10.3. The molecule has 0 saturated heterocycles. The van der Waals surface area contributed by atoms with Gasteiger partial charge in [0.2, 0.25) is 11.6 Å². The molecular weight excluding hydrogens is 396 g/mol. The van der Waals surface area contributed by atoms with E-state index < -0.39 is 16.5 Å². The Morgan fingerprint density at radius 3 is 2.28 bits per heavy atom. The van der Waals surface area contributed by atoms with Crippen LogP contribution in [0.1, 0.15) is 21.5 Å². The van der Waals surface area contributed by atoms with Crippen molar-refractivity contribution in [2.45, 2.75) is 13.8 Å². The first-order valence-electron chi connectivity index (χ1n) is 8.50. The molecule has 3 rings (SSSR count). The third-order valence-corrected chi connectivity index (χ3v) is 4.14. The van der Waals surface area contributed by atoms with Gasteiger partial charge in [-0.15, -0.1) is 0 Å². The molecule has 0 bridgehead atoms. The topological polar surface area (TPSA) is 122 Å². The van der Waals surface area contributed by atoms with Gasteiger partial charge in [-0.2, -0.15) is 0 Å². The minimum atomic E-state index is -0.623. The van der Waals surface area contributed by atoms with Crippen molar-refractivity contribution in [1.29, 1.82) is 0 Å². The second-order valence-corrected chi connectivity index (χ2v) is 6.70. The summed E-state index contributed by atoms with van der Waals surface area (Å²) >= 11 is 5.80. The maximum Gasteiger partial charge on any atom is 0.355 e. The highest BCUT2D eigenvalue weighted by Gasteiger charge is 2.24. The molecule has 0 fully saturated rings. The fourth-order valence-corrected chi connectivity index (χ4v) is 2.83. The van der Waals surface area contributed by atoms with E-state index in [0.717, 1.165) is 17.5 Å². The molecule has 0 radical (unpaired) electrons. The van der Waals surface area contributed by atoms with E-state index >= 15 is 0 Å². The number of hydrazine groups is 1. The number of amides is 1. The Kier molecular flexibility index (Phi) is 5.89. The molecule has 2 aromatic carbocycles. The number of halogens is 1. The molecule has 10 heteroatoms. The number of benzene rings is 2. The SMILES string of the molecule is Cc1cc(C)cc(Nc2ncnc(NNC(=O)c3ccc(Cl)cc3)c2[N+](=O)[O-])c1. The number of hydrogen-bond acceptors (Lipinski definition) is 7. The van der Waals surface area contributed by atoms with Crippen LogP contribution in [0.25, 0.3) is 0 Å². The summed E-state index contributed by atoms with van der Waals surface area (Å²) in [6, 6.07) is 11.9. The molecule has 1 amide bonds. The largest absolute Gasteiger partial charge is 0.355 e. The van der Waals surface area contributed by atoms with E-state index in [1.807, 2.05) is 32.0 Å². The highest BCUT2D eigenvalue weighted by molar-refractivity contribution is 6.30. The van der Waals surface area contributed by atoms with Crippen LogP contribution in [0, 0.1) is 24.0 Å². The van der Waals surface area contributed by atoms with Crippen LogP contribution in [0.5, 0.6) is 0 Å². The summed E-state index contributed by atoms with van der Waals surface area (Å²) < 4.78 is 0. The summed E-state index contributed by atoms with van der Waals surface area (Å²) in [6.07, 6.45) is 1.16. The molecule has 0 unspecified atom stereocenters. The highest BCUT2D eigenvalue weighted by atomic mass is 35.5. The average Bonchev–Trinajstić information content (AvgIpc) is 2.65. The minimum Gasteiger partial charge on any atom is -0.334 e. The van der Waals surface area contributed by atoms with Gasteiger partial charge in [0.15, 0.2) is 0 Å². The van der Waals surface area contributed by atoms with Crippen molar-refractivity contribution < 1.29 is 9.72 Å². The van der Waals surface area contributed by atoms with Crippen molar-refractivity contribution in [1.82, 2.24) is 15.4 Å². The predicted octanol–water partition coefficient (Wildman–Crippen LogP) is 4.16. The van der Waals surface area contributed by atoms with Crippen LogP contribution in [-0.2, 0) is 0 Å². The fourth-order valence-electron chi connectivity index (χ4n) is 2.71. The number of carbonyl (C=O) groups is 1. The van der Waals surface area contributed by atoms with Gasteiger partial charge in [-0.25, -0.2) is 9.97 Å². The van der Waals surface area contributed by atoms with Crippen LogP contribution in [0.4, 0.5) is 23.0 Å². The Labute approximate surface area is 171 Å². The van der Waals surface area contributed by atoms with Gasteiger partial charge < -0.3 is 5.32 Å². The molecule has 9 nitrogen and oxygen atoms in total. The number of hydrogen-bond donors (Lipinski definition) is 3. The fraction of sp³-hybridized carbons (Fsp3) is 0.105. The van der Waals surface area contributed by atoms with E-state index in [2.05, 4.69) is 26.1 Å². The van der Waals surface area contributed by atoms with Crippen LogP contribution in [0.2, 0.25) is 5.02 Å². The molecular formula is C19H17ClN6O3. The van der Waals surface area contributed by atoms with E-state index in [1.54, 1.807) is 12.1 Å². The molecule has 0 saturated carbocycles. The average molecular weight is 413 g/mol. The number of anilines is 3. The minimum absolute atomic E-state index is 0.00163. The first kappa shape index (κ1) is 20.0. The van der Waals surface area contributed by atoms with Crippen molar-refractivity contribution in [2.24, 2.45) is 0 Å². The zero-order valence-electron chi connectivity index (χ0n) is 15.6. The number of nitro groups is 1. The monoisotopic (exact) mass is 412 g/mol. The molecule has 1 heterocycles. The number of rotatable bonds is 6. The molecule has 3 N–H and O–H groups in total. The standard InChI is InChI=1S/C19H17ClN6O3/c1-11-7-12(2)9-15(8-11)23-17-16(26(28)29)18(22-10-21-17)24-25-19(27)13-3-5-14(20)6-4-13/h3-10H,1-2H3,(H,25,27)(H2,21,22,23,24). The first-order chi connectivity index (χ1) is 13.8. The first-order valence-corrected chi connectivity index (χ1v) is 8.88. The summed E-state index contributed by atoms with van der Waals surface area (Å²) in [5, 5.41) is 15.1. The Balaban J connectivity index is 1.83. The van der Waals surface area contributed by atoms with E-state index in [0.29, 0.717) is 16.3 Å². The van der Waals surface area contributed by atoms with Crippen molar-refractivity contribution in [3.8, 4) is 0 Å². The van der Waals surface area contributed by atoms with Crippen LogP contribution < -0.4 is 16.2 Å². The third-order valence-electron chi connectivity index (χ3n) is 3.89. The molecule has 0 atom stereocenters. The number of nitrogens with zero attached hydrogens (tertiary/aromatic N) is 3. The number of aryl methyl sites for hydroxylation is 2. The maximum absolute atomic E-state index is 12.2. The van der Waals surface area contributed by atoms with E-state index in [1.165, 1.54) is 12.1 Å². The lowest BCUT2D eigenvalue weighted by Crippen LogP contribution is -2.30. The predicted molar refractivity (Wildman–Crippen MR) is 110 cm³/mol. The second kappa shape index (κ2) is 8.53. The smallest absolute Gasteiger partial charge is 0.334 e. The van der Waals surface area contributed by atoms with Gasteiger partial charge in [-0.3, -0.25) is 25.8 Å². The van der Waals surface area contributed by atoms with Gasteiger partial charge in [-0.05, 0) is 61.4 Å². The van der Waals surface area contributed by atoms with Gasteiger partial charge >= 0.3 is 5.69 Å². The van der Waals surface area contributed by atoms with Crippen molar-refractivity contribution in [2.75, 3.05) is 10.7 Å². The molecule has 29 heavy (non-hydrogen) atoms. The van der Waals surface area contributed by atoms with E-state index in [9.17, 15) is 14.9 Å². The second-order valence-electron chi connectivity index (χ2n) is 6.26. The number of nitrogens with one attached hydrogen (secondary N) is 3. The summed E-state index contributed by atoms with van der Waals surface area (Å²) in [5.74, 6) is -0.657. The molecule has 3 aromatic rings. The maximum atomic E-state index is 12.2. The quantitative estimate of drug-likeness (QED) is 0.410. The van der Waals surface area contributed by atoms with Gasteiger partial charge in [-0.1, -0.05) is 17.7 Å². The van der Waals surface area contributed by atoms with Crippen LogP contribution in [-0.4, -0.2) is 20.8 Å². The molecule has 0 aliphatic rings. The van der Waals surface area contributed by atoms with Gasteiger partial charge in [0.1, 0.15) is 6.33 Å². The zero-order valence-corrected chi connectivity index (χ0v) is 16.3. The molecule has 148 valence electrons. The lowest BCUT2D eigenvalue weighted by Gasteiger charge is -2.12. The lowest BCUT2D eigenvalue weighted by molar-refractivity contribution is -0.383. The molecule has 0 spiro atoms. The van der Waals surface area contributed by atoms with Gasteiger partial charge in [0.25, 0.3) is 5.91 Å². The molecule has 0 aliphatic heterocycles. The zero-order chi connectivity index (χ0) is 21.0. The van der Waals surface area contributed by atoms with Crippen molar-refractivity contribution >= 4 is 40.5 Å². The van der Waals surface area contributed by atoms with Gasteiger partial charge in [0, 0.05) is 16.3 Å². The number of carbonyl (C=O) groups excluding carboxylic acids is 1. The molecule has 1 aromatic heterocycles. The Morgan fingerprint density at radius 1 is 1.03 bits per heavy atom. The summed E-state index contributed by atoms with van der Waals surface area (Å²) in [4.78, 5) is 31.1. The summed E-state index contributed by atoms with van der Waals surface area (Å²) in [6.45, 7) is 3.84. The van der Waals surface area contributed by atoms with Crippen LogP contribution >= 0.6 is 11.6 Å². The van der Waals surface area contributed by atoms with Crippen molar-refractivity contribution in [3.05, 3.63) is 80.6 Å². The third kappa shape index (κ3) is 4.96. The van der Waals surface area contributed by atoms with E-state index in [-0.39, 0.29) is 11.6 Å². The van der Waals surface area contributed by atoms with Crippen LogP contribution in [0.15, 0.2) is 48.8 Å². The summed E-state index contributed by atoms with van der Waals surface area (Å²) in [5.41, 5.74) is 7.45. The van der Waals surface area contributed by atoms with E-state index in [4.69, 9.17) is 11.6 Å². The van der Waals surface area contributed by atoms with Gasteiger partial charge in [0.05, 0.1) is 4.92 Å². The lowest BCUT2D eigenvalue weighted by atomic mass is 10.1. The van der Waals surface area contributed by atoms with Crippen LogP contribution in [0.3, 0.4) is 0 Å². The summed E-state index contributed by atoms with van der Waals surface area (Å²) in [7, 11) is 0.